The number of hydrogen-bond donors (Lipinski definition) is 6. The molecule has 1 aromatic heterocycles. The molecule has 0 aliphatic carbocycles. The monoisotopic (exact) mass is 639 g/mol. The van der Waals surface area contributed by atoms with E-state index in [9.17, 15) is 24.3 Å². The molecule has 0 radical (unpaired) electrons. The van der Waals surface area contributed by atoms with Gasteiger partial charge in [-0.05, 0) is 25.6 Å². The molecule has 0 spiro atoms. The Balaban J connectivity index is 1.48. The molecule has 4 heterocycles. The van der Waals surface area contributed by atoms with Crippen molar-refractivity contribution in [2.24, 2.45) is 15.9 Å². The maximum atomic E-state index is 13.2. The predicted octanol–water partition coefficient (Wildman–Crippen LogP) is -0.572. The van der Waals surface area contributed by atoms with Crippen LogP contribution in [-0.4, -0.2) is 109 Å². The second-order valence-corrected chi connectivity index (χ2v) is 12.2. The van der Waals surface area contributed by atoms with Gasteiger partial charge in [-0.15, -0.1) is 23.1 Å². The Morgan fingerprint density at radius 3 is 2.69 bits per heavy atom. The molecule has 3 unspecified atom stereocenters. The number of oxime groups is 1. The van der Waals surface area contributed by atoms with Crippen molar-refractivity contribution < 1.29 is 34.2 Å². The van der Waals surface area contributed by atoms with Gasteiger partial charge in [-0.1, -0.05) is 16.9 Å². The number of thioether (sulfide) groups is 2. The highest BCUT2D eigenvalue weighted by molar-refractivity contribution is 8.14. The number of rotatable bonds is 11. The molecular formula is C23H29N9O7S3. The average Bonchev–Trinajstić information content (AvgIpc) is 3.36. The second-order valence-electron chi connectivity index (χ2n) is 9.26. The number of fused-ring (bicyclic) bond motifs is 1. The van der Waals surface area contributed by atoms with Crippen molar-refractivity contribution in [2.45, 2.75) is 37.0 Å². The van der Waals surface area contributed by atoms with Crippen molar-refractivity contribution >= 4 is 74.6 Å². The standard InChI is InChI=1S/C23H29N9O7S3/c1-9(4-14(33)34)39-30-15(11-8-41-22(25)27-11)18(35)29-16-19(36)32-17(21(37)38)10(6-40-20(16)32)7-42-23-28-12(24)5-13(26-2)31(23)3/h5,8-9,13,16,20,26H,4,6-7,24H2,1-3H3,(H2,25,27)(H,29,35)(H,33,34)(H,37,38)/b30-15-/t9?,13?,16?,20-/m0/s1. The number of aliphatic imine (C=N–C) groups is 1. The molecular weight excluding hydrogens is 611 g/mol. The molecule has 16 nitrogen and oxygen atoms in total. The molecule has 1 aromatic rings. The third-order valence-electron chi connectivity index (χ3n) is 6.25. The molecule has 42 heavy (non-hydrogen) atoms. The molecule has 3 aliphatic heterocycles. The lowest BCUT2D eigenvalue weighted by Gasteiger charge is -2.49. The van der Waals surface area contributed by atoms with E-state index < -0.39 is 41.3 Å². The first-order valence-electron chi connectivity index (χ1n) is 12.4. The predicted molar refractivity (Wildman–Crippen MR) is 158 cm³/mol. The smallest absolute Gasteiger partial charge is 0.352 e. The van der Waals surface area contributed by atoms with Crippen LogP contribution in [0.4, 0.5) is 5.13 Å². The number of likely N-dealkylation sites (N-methyl/N-ethyl adjacent to an activating group) is 2. The largest absolute Gasteiger partial charge is 0.481 e. The van der Waals surface area contributed by atoms with E-state index in [4.69, 9.17) is 21.4 Å². The Kier molecular flexibility index (Phi) is 9.64. The quantitative estimate of drug-likeness (QED) is 0.101. The molecule has 1 saturated heterocycles. The van der Waals surface area contributed by atoms with Crippen LogP contribution in [0.1, 0.15) is 19.0 Å². The summed E-state index contributed by atoms with van der Waals surface area (Å²) in [6.07, 6.45) is 0.361. The minimum absolute atomic E-state index is 0.0782. The molecule has 0 aromatic carbocycles. The SMILES string of the molecule is CNC1C=C(N)N=C(SCC2=C(C(=O)O)N3C(=O)C(NC(=O)/C(=N\OC(C)CC(=O)O)c4csc(N)n4)[C@@H]3SC2)N1C. The number of anilines is 1. The Hall–Kier alpha value is -3.81. The van der Waals surface area contributed by atoms with E-state index in [1.165, 1.54) is 35.8 Å². The summed E-state index contributed by atoms with van der Waals surface area (Å²) in [6.45, 7) is 1.47. The summed E-state index contributed by atoms with van der Waals surface area (Å²) in [7, 11) is 3.61. The van der Waals surface area contributed by atoms with Crippen molar-refractivity contribution in [2.75, 3.05) is 31.3 Å². The fraction of sp³-hybridized carbons (Fsp3) is 0.435. The molecule has 3 aliphatic rings. The minimum Gasteiger partial charge on any atom is -0.481 e. The zero-order chi connectivity index (χ0) is 30.7. The molecule has 19 heteroatoms. The Morgan fingerprint density at radius 1 is 1.33 bits per heavy atom. The van der Waals surface area contributed by atoms with Gasteiger partial charge < -0.3 is 36.7 Å². The molecule has 4 rings (SSSR count). The van der Waals surface area contributed by atoms with Crippen LogP contribution >= 0.6 is 34.9 Å². The number of aliphatic carboxylic acids is 2. The lowest BCUT2D eigenvalue weighted by molar-refractivity contribution is -0.150. The number of carboxylic acid groups (broad SMARTS) is 2. The van der Waals surface area contributed by atoms with Gasteiger partial charge in [0.2, 0.25) is 0 Å². The first-order valence-corrected chi connectivity index (χ1v) is 15.3. The number of nitrogens with one attached hydrogen (secondary N) is 2. The number of aromatic nitrogens is 1. The molecule has 2 amide bonds. The fourth-order valence-corrected chi connectivity index (χ4v) is 7.26. The first kappa shape index (κ1) is 31.1. The van der Waals surface area contributed by atoms with Crippen LogP contribution in [0, 0.1) is 0 Å². The lowest BCUT2D eigenvalue weighted by Crippen LogP contribution is -2.71. The fourth-order valence-electron chi connectivity index (χ4n) is 4.21. The number of nitrogens with two attached hydrogens (primary N) is 2. The number of nitrogen functional groups attached to an aromatic ring is 1. The van der Waals surface area contributed by atoms with Gasteiger partial charge in [-0.2, -0.15) is 0 Å². The number of carbonyl (C=O) groups excluding carboxylic acids is 2. The molecule has 0 bridgehead atoms. The average molecular weight is 640 g/mol. The number of thiazole rings is 1. The van der Waals surface area contributed by atoms with E-state index in [0.717, 1.165) is 16.2 Å². The van der Waals surface area contributed by atoms with Gasteiger partial charge in [0, 0.05) is 23.9 Å². The number of amides is 2. The van der Waals surface area contributed by atoms with Crippen LogP contribution in [-0.2, 0) is 24.0 Å². The maximum absolute atomic E-state index is 13.2. The highest BCUT2D eigenvalue weighted by atomic mass is 32.2. The van der Waals surface area contributed by atoms with Gasteiger partial charge in [-0.25, -0.2) is 14.8 Å². The number of amidine groups is 1. The van der Waals surface area contributed by atoms with Crippen LogP contribution in [0.25, 0.3) is 0 Å². The molecule has 0 saturated carbocycles. The summed E-state index contributed by atoms with van der Waals surface area (Å²) < 4.78 is 0. The summed E-state index contributed by atoms with van der Waals surface area (Å²) >= 11 is 3.66. The first-order chi connectivity index (χ1) is 19.9. The van der Waals surface area contributed by atoms with Gasteiger partial charge in [0.05, 0.1) is 6.42 Å². The van der Waals surface area contributed by atoms with Crippen LogP contribution in [0.3, 0.4) is 0 Å². The third-order valence-corrected chi connectivity index (χ3v) is 9.39. The van der Waals surface area contributed by atoms with E-state index in [2.05, 4.69) is 25.8 Å². The zero-order valence-corrected chi connectivity index (χ0v) is 25.1. The summed E-state index contributed by atoms with van der Waals surface area (Å²) in [5, 5.41) is 30.0. The van der Waals surface area contributed by atoms with Gasteiger partial charge in [-0.3, -0.25) is 24.6 Å². The van der Waals surface area contributed by atoms with Gasteiger partial charge in [0.15, 0.2) is 16.0 Å². The molecule has 1 fully saturated rings. The van der Waals surface area contributed by atoms with E-state index in [0.29, 0.717) is 22.3 Å². The summed E-state index contributed by atoms with van der Waals surface area (Å²) in [5.41, 5.74) is 11.8. The van der Waals surface area contributed by atoms with Crippen molar-refractivity contribution in [3.8, 4) is 0 Å². The van der Waals surface area contributed by atoms with Crippen LogP contribution < -0.4 is 22.1 Å². The van der Waals surface area contributed by atoms with Gasteiger partial charge in [0.1, 0.15) is 40.9 Å². The molecule has 8 N–H and O–H groups in total. The van der Waals surface area contributed by atoms with Crippen LogP contribution in [0.15, 0.2) is 38.7 Å². The highest BCUT2D eigenvalue weighted by Crippen LogP contribution is 2.41. The lowest BCUT2D eigenvalue weighted by atomic mass is 10.0. The van der Waals surface area contributed by atoms with Gasteiger partial charge in [0.25, 0.3) is 11.8 Å². The number of carbonyl (C=O) groups is 4. The van der Waals surface area contributed by atoms with Gasteiger partial charge >= 0.3 is 11.9 Å². The summed E-state index contributed by atoms with van der Waals surface area (Å²) in [6, 6.07) is -1.04. The van der Waals surface area contributed by atoms with Crippen molar-refractivity contribution in [3.63, 3.8) is 0 Å². The highest BCUT2D eigenvalue weighted by Gasteiger charge is 2.54. The Morgan fingerprint density at radius 2 is 2.07 bits per heavy atom. The molecule has 4 atom stereocenters. The Labute approximate surface area is 252 Å². The summed E-state index contributed by atoms with van der Waals surface area (Å²) in [5.74, 6) is -2.91. The van der Waals surface area contributed by atoms with Crippen molar-refractivity contribution in [3.05, 3.63) is 34.2 Å². The number of carboxylic acids is 2. The minimum atomic E-state index is -1.26. The van der Waals surface area contributed by atoms with E-state index in [1.54, 1.807) is 13.1 Å². The van der Waals surface area contributed by atoms with Crippen molar-refractivity contribution in [1.82, 2.24) is 25.4 Å². The van der Waals surface area contributed by atoms with E-state index in [-0.39, 0.29) is 40.6 Å². The maximum Gasteiger partial charge on any atom is 0.352 e. The Bertz CT molecular complexity index is 1410. The number of nitrogens with zero attached hydrogens (tertiary/aromatic N) is 5. The third kappa shape index (κ3) is 6.63. The van der Waals surface area contributed by atoms with E-state index >= 15 is 0 Å². The molecule has 226 valence electrons. The second kappa shape index (κ2) is 13.0. The number of β-lactam (4-membered cyclic amide) rings is 1. The van der Waals surface area contributed by atoms with Crippen molar-refractivity contribution in [1.29, 1.82) is 0 Å². The zero-order valence-electron chi connectivity index (χ0n) is 22.6. The van der Waals surface area contributed by atoms with Crippen LogP contribution in [0.2, 0.25) is 0 Å². The van der Waals surface area contributed by atoms with E-state index in [1.807, 2.05) is 11.9 Å². The number of hydrogen-bond acceptors (Lipinski definition) is 15. The summed E-state index contributed by atoms with van der Waals surface area (Å²) in [4.78, 5) is 66.2. The topological polar surface area (TPSA) is 238 Å². The normalized spacial score (nSPS) is 23.0. The van der Waals surface area contributed by atoms with Crippen LogP contribution in [0.5, 0.6) is 0 Å².